The molecular weight excluding hydrogens is 598 g/mol. The molecule has 4 rings (SSSR count). The Bertz CT molecular complexity index is 1490. The van der Waals surface area contributed by atoms with Crippen LogP contribution in [-0.4, -0.2) is 48.6 Å². The van der Waals surface area contributed by atoms with Crippen LogP contribution in [0.5, 0.6) is 5.75 Å². The summed E-state index contributed by atoms with van der Waals surface area (Å²) in [7, 11) is 0. The smallest absolute Gasteiger partial charge is 0.408 e. The first-order chi connectivity index (χ1) is 22.7. The number of esters is 1. The number of alkyl carbamates (subject to hydrolysis) is 1. The van der Waals surface area contributed by atoms with E-state index in [1.54, 1.807) is 26.0 Å². The molecule has 10 nitrogen and oxygen atoms in total. The predicted octanol–water partition coefficient (Wildman–Crippen LogP) is 5.01. The van der Waals surface area contributed by atoms with E-state index in [2.05, 4.69) is 16.0 Å². The van der Waals surface area contributed by atoms with E-state index in [1.165, 1.54) is 0 Å². The molecule has 248 valence electrons. The average molecular weight is 642 g/mol. The van der Waals surface area contributed by atoms with Gasteiger partial charge in [0, 0.05) is 13.0 Å². The zero-order valence-electron chi connectivity index (χ0n) is 26.9. The highest BCUT2D eigenvalue weighted by molar-refractivity contribution is 5.86. The van der Waals surface area contributed by atoms with E-state index in [9.17, 15) is 19.2 Å². The summed E-state index contributed by atoms with van der Waals surface area (Å²) in [6.07, 6.45) is 3.72. The lowest BCUT2D eigenvalue weighted by molar-refractivity contribution is -0.149. The summed E-state index contributed by atoms with van der Waals surface area (Å²) < 4.78 is 16.6. The van der Waals surface area contributed by atoms with Crippen molar-refractivity contribution in [3.05, 3.63) is 114 Å². The third kappa shape index (κ3) is 12.3. The van der Waals surface area contributed by atoms with Crippen molar-refractivity contribution in [3.8, 4) is 5.75 Å². The molecule has 3 N–H and O–H groups in total. The standard InChI is InChI=1S/C37H43N3O7/c1-37(2)26-47-35(43)32(39-36(44)46-25-29-13-7-4-8-14-29)16-10-9-15-30(34(42)40-37)23-33(41)38-22-21-27-17-19-31(20-18-27)45-24-28-11-5-3-6-12-28/h3-14,17-20,30,32H,15-16,21-26H2,1-2H3,(H,38,41)(H,39,44)(H,40,42)/b10-9-/t30-,32-/m1/s1. The molecule has 3 aromatic carbocycles. The number of benzene rings is 3. The van der Waals surface area contributed by atoms with Gasteiger partial charge in [-0.2, -0.15) is 0 Å². The lowest BCUT2D eigenvalue weighted by Crippen LogP contribution is -2.51. The summed E-state index contributed by atoms with van der Waals surface area (Å²) in [6.45, 7) is 4.31. The van der Waals surface area contributed by atoms with E-state index in [4.69, 9.17) is 14.2 Å². The van der Waals surface area contributed by atoms with Crippen molar-refractivity contribution >= 4 is 23.9 Å². The number of ether oxygens (including phenoxy) is 3. The molecule has 3 amide bonds. The lowest BCUT2D eigenvalue weighted by atomic mass is 9.96. The minimum atomic E-state index is -0.980. The minimum absolute atomic E-state index is 0.00814. The molecule has 1 aliphatic rings. The number of amides is 3. The molecule has 0 unspecified atom stereocenters. The van der Waals surface area contributed by atoms with Crippen LogP contribution < -0.4 is 20.7 Å². The summed E-state index contributed by atoms with van der Waals surface area (Å²) in [6, 6.07) is 25.9. The van der Waals surface area contributed by atoms with Crippen molar-refractivity contribution in [1.29, 1.82) is 0 Å². The van der Waals surface area contributed by atoms with Gasteiger partial charge in [-0.3, -0.25) is 9.59 Å². The quantitative estimate of drug-likeness (QED) is 0.198. The Morgan fingerprint density at radius 2 is 1.49 bits per heavy atom. The van der Waals surface area contributed by atoms with Crippen molar-refractivity contribution in [2.45, 2.75) is 64.3 Å². The van der Waals surface area contributed by atoms with Crippen molar-refractivity contribution in [3.63, 3.8) is 0 Å². The molecule has 3 aromatic rings. The first-order valence-corrected chi connectivity index (χ1v) is 15.8. The maximum absolute atomic E-state index is 13.2. The van der Waals surface area contributed by atoms with Crippen LogP contribution in [0.25, 0.3) is 0 Å². The average Bonchev–Trinajstić information content (AvgIpc) is 3.07. The Morgan fingerprint density at radius 1 is 0.851 bits per heavy atom. The molecule has 10 heteroatoms. The van der Waals surface area contributed by atoms with Gasteiger partial charge in [-0.25, -0.2) is 9.59 Å². The van der Waals surface area contributed by atoms with E-state index in [1.807, 2.05) is 84.9 Å². The van der Waals surface area contributed by atoms with Gasteiger partial charge in [0.25, 0.3) is 0 Å². The Labute approximate surface area is 275 Å². The van der Waals surface area contributed by atoms with Crippen LogP contribution in [0.4, 0.5) is 4.79 Å². The molecule has 0 aliphatic carbocycles. The first-order valence-electron chi connectivity index (χ1n) is 15.8. The van der Waals surface area contributed by atoms with Gasteiger partial charge < -0.3 is 30.2 Å². The molecule has 0 spiro atoms. The fourth-order valence-electron chi connectivity index (χ4n) is 4.86. The van der Waals surface area contributed by atoms with Crippen LogP contribution in [0.2, 0.25) is 0 Å². The molecule has 0 aromatic heterocycles. The third-order valence-electron chi connectivity index (χ3n) is 7.50. The maximum atomic E-state index is 13.2. The number of allylic oxidation sites excluding steroid dienone is 1. The predicted molar refractivity (Wildman–Crippen MR) is 177 cm³/mol. The molecule has 0 fully saturated rings. The van der Waals surface area contributed by atoms with Crippen molar-refractivity contribution in [2.75, 3.05) is 13.2 Å². The molecule has 1 heterocycles. The lowest BCUT2D eigenvalue weighted by Gasteiger charge is -2.29. The normalized spacial score (nSPS) is 18.7. The highest BCUT2D eigenvalue weighted by Gasteiger charge is 2.30. The van der Waals surface area contributed by atoms with Gasteiger partial charge in [-0.1, -0.05) is 84.9 Å². The Kier molecular flexibility index (Phi) is 13.0. The summed E-state index contributed by atoms with van der Waals surface area (Å²) in [5, 5.41) is 8.40. The number of hydrogen-bond acceptors (Lipinski definition) is 7. The van der Waals surface area contributed by atoms with Gasteiger partial charge >= 0.3 is 12.1 Å². The Hall–Kier alpha value is -5.12. The summed E-state index contributed by atoms with van der Waals surface area (Å²) in [5.74, 6) is -1.05. The largest absolute Gasteiger partial charge is 0.489 e. The highest BCUT2D eigenvalue weighted by Crippen LogP contribution is 2.17. The van der Waals surface area contributed by atoms with Gasteiger partial charge in [0.15, 0.2) is 0 Å². The molecule has 2 atom stereocenters. The monoisotopic (exact) mass is 641 g/mol. The summed E-state index contributed by atoms with van der Waals surface area (Å²) >= 11 is 0. The second kappa shape index (κ2) is 17.5. The Morgan fingerprint density at radius 3 is 2.17 bits per heavy atom. The topological polar surface area (TPSA) is 132 Å². The van der Waals surface area contributed by atoms with Crippen molar-refractivity contribution in [1.82, 2.24) is 16.0 Å². The van der Waals surface area contributed by atoms with E-state index in [0.29, 0.717) is 19.6 Å². The van der Waals surface area contributed by atoms with Gasteiger partial charge in [0.1, 0.15) is 31.6 Å². The van der Waals surface area contributed by atoms with Gasteiger partial charge in [0.2, 0.25) is 11.8 Å². The van der Waals surface area contributed by atoms with Crippen LogP contribution in [-0.2, 0) is 43.5 Å². The van der Waals surface area contributed by atoms with Gasteiger partial charge in [-0.05, 0) is 61.9 Å². The zero-order chi connectivity index (χ0) is 33.5. The van der Waals surface area contributed by atoms with Crippen molar-refractivity contribution in [2.24, 2.45) is 5.92 Å². The van der Waals surface area contributed by atoms with Crippen LogP contribution >= 0.6 is 0 Å². The first kappa shape index (κ1) is 34.7. The number of carbonyl (C=O) groups excluding carboxylic acids is 4. The zero-order valence-corrected chi connectivity index (χ0v) is 26.9. The number of rotatable bonds is 11. The van der Waals surface area contributed by atoms with Gasteiger partial charge in [-0.15, -0.1) is 0 Å². The van der Waals surface area contributed by atoms with Crippen LogP contribution in [0.3, 0.4) is 0 Å². The SMILES string of the molecule is CC1(C)COC(=O)[C@H](NC(=O)OCc2ccccc2)C/C=C\C[C@H](CC(=O)NCCc2ccc(OCc3ccccc3)cc2)C(=O)N1. The highest BCUT2D eigenvalue weighted by atomic mass is 16.6. The maximum Gasteiger partial charge on any atom is 0.408 e. The fraction of sp³-hybridized carbons (Fsp3) is 0.351. The van der Waals surface area contributed by atoms with E-state index < -0.39 is 29.6 Å². The van der Waals surface area contributed by atoms with E-state index in [0.717, 1.165) is 22.4 Å². The second-order valence-corrected chi connectivity index (χ2v) is 12.1. The van der Waals surface area contributed by atoms with Crippen LogP contribution in [0.1, 0.15) is 49.8 Å². The molecule has 0 saturated carbocycles. The molecular formula is C37H43N3O7. The molecule has 0 radical (unpaired) electrons. The summed E-state index contributed by atoms with van der Waals surface area (Å²) in [5.41, 5.74) is 2.05. The van der Waals surface area contributed by atoms with Crippen LogP contribution in [0, 0.1) is 5.92 Å². The number of cyclic esters (lactones) is 1. The summed E-state index contributed by atoms with van der Waals surface area (Å²) in [4.78, 5) is 51.3. The van der Waals surface area contributed by atoms with Crippen molar-refractivity contribution < 1.29 is 33.4 Å². The number of nitrogens with one attached hydrogen (secondary N) is 3. The van der Waals surface area contributed by atoms with E-state index >= 15 is 0 Å². The molecule has 0 saturated heterocycles. The van der Waals surface area contributed by atoms with Crippen LogP contribution in [0.15, 0.2) is 97.1 Å². The number of hydrogen-bond donors (Lipinski definition) is 3. The second-order valence-electron chi connectivity index (χ2n) is 12.1. The van der Waals surface area contributed by atoms with Gasteiger partial charge in [0.05, 0.1) is 11.5 Å². The minimum Gasteiger partial charge on any atom is -0.489 e. The molecule has 0 bridgehead atoms. The molecule has 1 aliphatic heterocycles. The number of carbonyl (C=O) groups is 4. The third-order valence-corrected chi connectivity index (χ3v) is 7.50. The Balaban J connectivity index is 1.26. The molecule has 47 heavy (non-hydrogen) atoms. The fourth-order valence-corrected chi connectivity index (χ4v) is 4.86. The van der Waals surface area contributed by atoms with E-state index in [-0.39, 0.29) is 44.3 Å².